The summed E-state index contributed by atoms with van der Waals surface area (Å²) >= 11 is 4.55. The second-order valence-electron chi connectivity index (χ2n) is 5.55. The molecule has 0 aliphatic heterocycles. The van der Waals surface area contributed by atoms with Crippen LogP contribution in [0.4, 0.5) is 10.1 Å². The van der Waals surface area contributed by atoms with Crippen molar-refractivity contribution in [2.45, 2.75) is 5.75 Å². The van der Waals surface area contributed by atoms with Gasteiger partial charge in [-0.05, 0) is 42.0 Å². The van der Waals surface area contributed by atoms with E-state index < -0.39 is 0 Å². The van der Waals surface area contributed by atoms with Crippen molar-refractivity contribution in [1.29, 1.82) is 0 Å². The predicted octanol–water partition coefficient (Wildman–Crippen LogP) is 4.16. The van der Waals surface area contributed by atoms with Gasteiger partial charge in [0.05, 0.1) is 5.75 Å². The van der Waals surface area contributed by atoms with Gasteiger partial charge in [0, 0.05) is 35.6 Å². The molecule has 25 heavy (non-hydrogen) atoms. The maximum Gasteiger partial charge on any atom is 0.253 e. The maximum atomic E-state index is 13.7. The van der Waals surface area contributed by atoms with Crippen LogP contribution in [0.3, 0.4) is 0 Å². The van der Waals surface area contributed by atoms with Crippen LogP contribution >= 0.6 is 27.7 Å². The molecule has 0 aliphatic carbocycles. The number of hydrogen-bond donors (Lipinski definition) is 1. The number of rotatable bonds is 6. The van der Waals surface area contributed by atoms with Gasteiger partial charge in [0.25, 0.3) is 5.91 Å². The Bertz CT molecular complexity index is 766. The fourth-order valence-electron chi connectivity index (χ4n) is 2.04. The first-order valence-corrected chi connectivity index (χ1v) is 9.45. The molecule has 2 aromatic rings. The highest BCUT2D eigenvalue weighted by Crippen LogP contribution is 2.20. The molecule has 0 fully saturated rings. The minimum Gasteiger partial charge on any atom is -0.345 e. The molecule has 0 radical (unpaired) electrons. The topological polar surface area (TPSA) is 49.4 Å². The molecule has 0 saturated carbocycles. The van der Waals surface area contributed by atoms with E-state index in [0.717, 1.165) is 0 Å². The van der Waals surface area contributed by atoms with E-state index in [4.69, 9.17) is 0 Å². The molecule has 0 atom stereocenters. The third-order valence-electron chi connectivity index (χ3n) is 3.33. The van der Waals surface area contributed by atoms with Crippen LogP contribution in [-0.4, -0.2) is 36.6 Å². The highest BCUT2D eigenvalue weighted by Gasteiger charge is 2.09. The van der Waals surface area contributed by atoms with Gasteiger partial charge in [-0.1, -0.05) is 22.0 Å². The Labute approximate surface area is 158 Å². The first-order chi connectivity index (χ1) is 11.9. The van der Waals surface area contributed by atoms with Crippen LogP contribution in [0.2, 0.25) is 0 Å². The number of benzene rings is 2. The third-order valence-corrected chi connectivity index (χ3v) is 4.80. The lowest BCUT2D eigenvalue weighted by molar-refractivity contribution is -0.113. The van der Waals surface area contributed by atoms with Gasteiger partial charge >= 0.3 is 0 Å². The molecule has 2 rings (SSSR count). The minimum absolute atomic E-state index is 0.0926. The number of anilines is 1. The number of carbonyl (C=O) groups is 2. The average Bonchev–Trinajstić information content (AvgIpc) is 2.57. The maximum absolute atomic E-state index is 13.7. The Balaban J connectivity index is 1.83. The van der Waals surface area contributed by atoms with E-state index >= 15 is 0 Å². The van der Waals surface area contributed by atoms with Crippen molar-refractivity contribution < 1.29 is 14.0 Å². The zero-order valence-corrected chi connectivity index (χ0v) is 16.3. The first kappa shape index (κ1) is 19.5. The van der Waals surface area contributed by atoms with Crippen molar-refractivity contribution in [3.05, 3.63) is 63.9 Å². The SMILES string of the molecule is CN(C)C(=O)c1ccc(NC(=O)CSCc2ccc(Br)cc2F)cc1. The summed E-state index contributed by atoms with van der Waals surface area (Å²) in [7, 11) is 3.37. The molecule has 7 heteroatoms. The quantitative estimate of drug-likeness (QED) is 0.756. The molecular formula is C18H18BrFN2O2S. The molecule has 0 saturated heterocycles. The van der Waals surface area contributed by atoms with E-state index in [2.05, 4.69) is 21.2 Å². The number of thioether (sulfide) groups is 1. The van der Waals surface area contributed by atoms with Crippen LogP contribution in [0.15, 0.2) is 46.9 Å². The Kier molecular flexibility index (Phi) is 7.01. The third kappa shape index (κ3) is 5.86. The molecule has 0 heterocycles. The number of halogens is 2. The Morgan fingerprint density at radius 3 is 2.44 bits per heavy atom. The van der Waals surface area contributed by atoms with E-state index in [1.165, 1.54) is 22.7 Å². The lowest BCUT2D eigenvalue weighted by Gasteiger charge is -2.11. The molecule has 2 aromatic carbocycles. The summed E-state index contributed by atoms with van der Waals surface area (Å²) in [6.07, 6.45) is 0. The van der Waals surface area contributed by atoms with Crippen LogP contribution in [0.1, 0.15) is 15.9 Å². The van der Waals surface area contributed by atoms with Crippen molar-refractivity contribution >= 4 is 45.2 Å². The van der Waals surface area contributed by atoms with Gasteiger partial charge in [-0.2, -0.15) is 0 Å². The fraction of sp³-hybridized carbons (Fsp3) is 0.222. The average molecular weight is 425 g/mol. The normalized spacial score (nSPS) is 10.4. The summed E-state index contributed by atoms with van der Waals surface area (Å²) < 4.78 is 14.4. The summed E-state index contributed by atoms with van der Waals surface area (Å²) in [5, 5.41) is 2.76. The molecule has 0 unspecified atom stereocenters. The van der Waals surface area contributed by atoms with Crippen LogP contribution in [0.25, 0.3) is 0 Å². The van der Waals surface area contributed by atoms with Gasteiger partial charge in [-0.15, -0.1) is 11.8 Å². The standard InChI is InChI=1S/C18H18BrFN2O2S/c1-22(2)18(24)12-4-7-15(8-5-12)21-17(23)11-25-10-13-3-6-14(19)9-16(13)20/h3-9H,10-11H2,1-2H3,(H,21,23). The molecule has 4 nitrogen and oxygen atoms in total. The molecule has 0 bridgehead atoms. The molecular weight excluding hydrogens is 407 g/mol. The smallest absolute Gasteiger partial charge is 0.253 e. The summed E-state index contributed by atoms with van der Waals surface area (Å²) in [4.78, 5) is 25.3. The van der Waals surface area contributed by atoms with Crippen LogP contribution in [0.5, 0.6) is 0 Å². The van der Waals surface area contributed by atoms with Crippen LogP contribution < -0.4 is 5.32 Å². The summed E-state index contributed by atoms with van der Waals surface area (Å²) in [6.45, 7) is 0. The lowest BCUT2D eigenvalue weighted by atomic mass is 10.2. The molecule has 0 aromatic heterocycles. The van der Waals surface area contributed by atoms with E-state index in [0.29, 0.717) is 27.0 Å². The van der Waals surface area contributed by atoms with E-state index in [-0.39, 0.29) is 23.4 Å². The first-order valence-electron chi connectivity index (χ1n) is 7.50. The highest BCUT2D eigenvalue weighted by molar-refractivity contribution is 9.10. The van der Waals surface area contributed by atoms with Gasteiger partial charge in [0.1, 0.15) is 5.82 Å². The summed E-state index contributed by atoms with van der Waals surface area (Å²) in [5.74, 6) is 0.0825. The Hall–Kier alpha value is -1.86. The second kappa shape index (κ2) is 9.01. The summed E-state index contributed by atoms with van der Waals surface area (Å²) in [6, 6.07) is 11.6. The van der Waals surface area contributed by atoms with Crippen molar-refractivity contribution in [1.82, 2.24) is 4.90 Å². The van der Waals surface area contributed by atoms with Gasteiger partial charge in [-0.3, -0.25) is 9.59 Å². The molecule has 2 amide bonds. The molecule has 1 N–H and O–H groups in total. The molecule has 0 aliphatic rings. The number of carbonyl (C=O) groups excluding carboxylic acids is 2. The van der Waals surface area contributed by atoms with Gasteiger partial charge in [-0.25, -0.2) is 4.39 Å². The predicted molar refractivity (Wildman–Crippen MR) is 103 cm³/mol. The van der Waals surface area contributed by atoms with Crippen LogP contribution in [0, 0.1) is 5.82 Å². The number of amides is 2. The van der Waals surface area contributed by atoms with E-state index in [1.807, 2.05) is 0 Å². The fourth-order valence-corrected chi connectivity index (χ4v) is 3.19. The highest BCUT2D eigenvalue weighted by atomic mass is 79.9. The van der Waals surface area contributed by atoms with Crippen molar-refractivity contribution in [2.24, 2.45) is 0 Å². The van der Waals surface area contributed by atoms with E-state index in [1.54, 1.807) is 50.5 Å². The Morgan fingerprint density at radius 1 is 1.16 bits per heavy atom. The van der Waals surface area contributed by atoms with Crippen LogP contribution in [-0.2, 0) is 10.5 Å². The van der Waals surface area contributed by atoms with Crippen molar-refractivity contribution in [3.8, 4) is 0 Å². The molecule has 132 valence electrons. The van der Waals surface area contributed by atoms with E-state index in [9.17, 15) is 14.0 Å². The van der Waals surface area contributed by atoms with Crippen molar-refractivity contribution in [2.75, 3.05) is 25.2 Å². The largest absolute Gasteiger partial charge is 0.345 e. The van der Waals surface area contributed by atoms with Gasteiger partial charge in [0.2, 0.25) is 5.91 Å². The number of nitrogens with zero attached hydrogens (tertiary/aromatic N) is 1. The van der Waals surface area contributed by atoms with Crippen molar-refractivity contribution in [3.63, 3.8) is 0 Å². The molecule has 0 spiro atoms. The Morgan fingerprint density at radius 2 is 1.84 bits per heavy atom. The van der Waals surface area contributed by atoms with Gasteiger partial charge < -0.3 is 10.2 Å². The number of nitrogens with one attached hydrogen (secondary N) is 1. The second-order valence-corrected chi connectivity index (χ2v) is 7.45. The zero-order valence-electron chi connectivity index (χ0n) is 13.9. The minimum atomic E-state index is -0.288. The monoisotopic (exact) mass is 424 g/mol. The van der Waals surface area contributed by atoms with Gasteiger partial charge in [0.15, 0.2) is 0 Å². The lowest BCUT2D eigenvalue weighted by Crippen LogP contribution is -2.21. The zero-order chi connectivity index (χ0) is 18.4. The number of hydrogen-bond acceptors (Lipinski definition) is 3. The summed E-state index contributed by atoms with van der Waals surface area (Å²) in [5.41, 5.74) is 1.74.